The number of carbonyl (C=O) groups excluding carboxylic acids is 3. The third-order valence-electron chi connectivity index (χ3n) is 7.69. The number of esters is 1. The van der Waals surface area contributed by atoms with Crippen LogP contribution in [0.2, 0.25) is 0 Å². The van der Waals surface area contributed by atoms with Crippen LogP contribution >= 0.6 is 0 Å². The predicted octanol–water partition coefficient (Wildman–Crippen LogP) is 3.63. The summed E-state index contributed by atoms with van der Waals surface area (Å²) in [6.07, 6.45) is 0.443. The Labute approximate surface area is 252 Å². The molecule has 232 valence electrons. The maximum atomic E-state index is 13.7. The van der Waals surface area contributed by atoms with E-state index in [0.29, 0.717) is 66.4 Å². The van der Waals surface area contributed by atoms with Gasteiger partial charge in [0.05, 0.1) is 37.1 Å². The second-order valence-electron chi connectivity index (χ2n) is 11.8. The van der Waals surface area contributed by atoms with E-state index in [1.807, 2.05) is 32.6 Å². The molecular formula is C32H42N4O7. The summed E-state index contributed by atoms with van der Waals surface area (Å²) in [6.45, 7) is 11.4. The lowest BCUT2D eigenvalue weighted by molar-refractivity contribution is -0.150. The molecular weight excluding hydrogens is 552 g/mol. The number of rotatable bonds is 11. The molecule has 0 aromatic heterocycles. The fraction of sp³-hybridized carbons (Fsp3) is 0.500. The number of aromatic hydroxyl groups is 1. The number of phenolic OH excluding ortho intramolecular Hbond substituents is 1. The van der Waals surface area contributed by atoms with Crippen molar-refractivity contribution in [2.75, 3.05) is 51.4 Å². The molecule has 2 aliphatic rings. The normalized spacial score (nSPS) is 16.3. The summed E-state index contributed by atoms with van der Waals surface area (Å²) >= 11 is 0. The Bertz CT molecular complexity index is 1420. The number of amidine groups is 1. The molecule has 2 aromatic carbocycles. The van der Waals surface area contributed by atoms with Gasteiger partial charge in [-0.3, -0.25) is 15.0 Å². The Morgan fingerprint density at radius 2 is 1.86 bits per heavy atom. The molecule has 0 radical (unpaired) electrons. The Kier molecular flexibility index (Phi) is 9.64. The number of hydrogen-bond donors (Lipinski definition) is 3. The molecule has 1 saturated heterocycles. The van der Waals surface area contributed by atoms with E-state index in [-0.39, 0.29) is 49.1 Å². The molecule has 0 spiro atoms. The monoisotopic (exact) mass is 594 g/mol. The van der Waals surface area contributed by atoms with Crippen molar-refractivity contribution in [1.82, 2.24) is 10.2 Å². The molecule has 1 fully saturated rings. The summed E-state index contributed by atoms with van der Waals surface area (Å²) in [7, 11) is 1.54. The molecule has 0 bridgehead atoms. The second-order valence-corrected chi connectivity index (χ2v) is 11.8. The molecule has 3 N–H and O–H groups in total. The Balaban J connectivity index is 1.56. The molecule has 43 heavy (non-hydrogen) atoms. The van der Waals surface area contributed by atoms with Crippen LogP contribution in [0.3, 0.4) is 0 Å². The number of fused-ring (bicyclic) bond motifs is 1. The Morgan fingerprint density at radius 3 is 2.51 bits per heavy atom. The van der Waals surface area contributed by atoms with Gasteiger partial charge in [-0.25, -0.2) is 4.79 Å². The molecule has 2 aliphatic heterocycles. The van der Waals surface area contributed by atoms with Crippen molar-refractivity contribution in [2.45, 2.75) is 59.1 Å². The van der Waals surface area contributed by atoms with Crippen molar-refractivity contribution in [3.63, 3.8) is 0 Å². The second kappa shape index (κ2) is 13.0. The van der Waals surface area contributed by atoms with Gasteiger partial charge >= 0.3 is 5.97 Å². The van der Waals surface area contributed by atoms with E-state index < -0.39 is 11.4 Å². The van der Waals surface area contributed by atoms with E-state index >= 15 is 0 Å². The fourth-order valence-corrected chi connectivity index (χ4v) is 5.48. The Morgan fingerprint density at radius 1 is 1.12 bits per heavy atom. The minimum Gasteiger partial charge on any atom is -0.505 e. The molecule has 11 heteroatoms. The lowest BCUT2D eigenvalue weighted by atomic mass is 9.84. The van der Waals surface area contributed by atoms with Gasteiger partial charge in [0.1, 0.15) is 23.9 Å². The van der Waals surface area contributed by atoms with Gasteiger partial charge < -0.3 is 34.4 Å². The highest BCUT2D eigenvalue weighted by atomic mass is 16.6. The molecule has 1 amide bonds. The summed E-state index contributed by atoms with van der Waals surface area (Å²) in [5.74, 6) is -0.213. The third kappa shape index (κ3) is 6.93. The van der Waals surface area contributed by atoms with Gasteiger partial charge in [-0.05, 0) is 55.5 Å². The first-order chi connectivity index (χ1) is 20.4. The number of amides is 1. The van der Waals surface area contributed by atoms with Gasteiger partial charge in [-0.15, -0.1) is 0 Å². The van der Waals surface area contributed by atoms with Crippen LogP contribution in [0.1, 0.15) is 78.4 Å². The summed E-state index contributed by atoms with van der Waals surface area (Å²) in [5.41, 5.74) is 2.89. The summed E-state index contributed by atoms with van der Waals surface area (Å²) < 4.78 is 16.4. The molecule has 1 unspecified atom stereocenters. The van der Waals surface area contributed by atoms with E-state index in [4.69, 9.17) is 19.6 Å². The third-order valence-corrected chi connectivity index (χ3v) is 7.69. The minimum atomic E-state index is -0.447. The number of nitrogens with zero attached hydrogens (tertiary/aromatic N) is 2. The van der Waals surface area contributed by atoms with Crippen molar-refractivity contribution in [1.29, 1.82) is 5.41 Å². The molecule has 4 rings (SSSR count). The molecule has 2 aromatic rings. The topological polar surface area (TPSA) is 141 Å². The lowest BCUT2D eigenvalue weighted by Gasteiger charge is -2.27. The van der Waals surface area contributed by atoms with E-state index in [1.54, 1.807) is 36.1 Å². The zero-order chi connectivity index (χ0) is 31.5. The molecule has 11 nitrogen and oxygen atoms in total. The van der Waals surface area contributed by atoms with Crippen molar-refractivity contribution in [3.05, 3.63) is 52.1 Å². The number of ketones is 1. The maximum absolute atomic E-state index is 13.7. The average molecular weight is 595 g/mol. The first kappa shape index (κ1) is 31.8. The highest BCUT2D eigenvalue weighted by molar-refractivity contribution is 6.08. The van der Waals surface area contributed by atoms with Gasteiger partial charge in [0.2, 0.25) is 0 Å². The van der Waals surface area contributed by atoms with Crippen LogP contribution in [-0.4, -0.2) is 86.1 Å². The first-order valence-electron chi connectivity index (χ1n) is 14.7. The predicted molar refractivity (Wildman–Crippen MR) is 163 cm³/mol. The number of hydrogen-bond acceptors (Lipinski definition) is 9. The fourth-order valence-electron chi connectivity index (χ4n) is 5.48. The van der Waals surface area contributed by atoms with E-state index in [1.165, 1.54) is 7.05 Å². The van der Waals surface area contributed by atoms with Crippen LogP contribution in [0.15, 0.2) is 24.3 Å². The quantitative estimate of drug-likeness (QED) is 0.263. The van der Waals surface area contributed by atoms with Crippen molar-refractivity contribution in [3.8, 4) is 11.5 Å². The van der Waals surface area contributed by atoms with E-state index in [2.05, 4.69) is 5.32 Å². The van der Waals surface area contributed by atoms with Gasteiger partial charge in [0.25, 0.3) is 5.91 Å². The van der Waals surface area contributed by atoms with E-state index in [9.17, 15) is 19.5 Å². The standard InChI is InChI=1S/C32H42N4O7/c1-7-41-27-13-20-15-36(30(33)22(20)14-23(27)31(40)34-6)17-26(37)19-11-24(32(3,4)5)29(39)25(12-19)35-10-9-21(16-35)43-18-28(38)42-8-2/h11-14,21,33,39H,7-10,15-18H2,1-6H3,(H,34,40). The number of benzene rings is 2. The van der Waals surface area contributed by atoms with Crippen LogP contribution in [0.25, 0.3) is 0 Å². The number of anilines is 1. The van der Waals surface area contributed by atoms with Crippen molar-refractivity contribution >= 4 is 29.2 Å². The largest absolute Gasteiger partial charge is 0.505 e. The maximum Gasteiger partial charge on any atom is 0.332 e. The van der Waals surface area contributed by atoms with Gasteiger partial charge in [-0.2, -0.15) is 0 Å². The number of Topliss-reactive ketones (excluding diaryl/α,β-unsaturated/α-hetero) is 1. The summed E-state index contributed by atoms with van der Waals surface area (Å²) in [5, 5.41) is 22.7. The molecule has 2 heterocycles. The number of phenols is 1. The minimum absolute atomic E-state index is 0.0497. The number of carbonyl (C=O) groups is 3. The highest BCUT2D eigenvalue weighted by Crippen LogP contribution is 2.41. The van der Waals surface area contributed by atoms with Crippen molar-refractivity contribution < 1.29 is 33.7 Å². The average Bonchev–Trinajstić information content (AvgIpc) is 3.55. The van der Waals surface area contributed by atoms with Crippen LogP contribution in [0.4, 0.5) is 5.69 Å². The summed E-state index contributed by atoms with van der Waals surface area (Å²) in [4.78, 5) is 41.6. The molecule has 0 saturated carbocycles. The van der Waals surface area contributed by atoms with Crippen LogP contribution in [0.5, 0.6) is 11.5 Å². The summed E-state index contributed by atoms with van der Waals surface area (Å²) in [6, 6.07) is 6.85. The zero-order valence-corrected chi connectivity index (χ0v) is 25.8. The smallest absolute Gasteiger partial charge is 0.332 e. The van der Waals surface area contributed by atoms with Gasteiger partial charge in [0, 0.05) is 43.4 Å². The van der Waals surface area contributed by atoms with Crippen LogP contribution in [0, 0.1) is 5.41 Å². The van der Waals surface area contributed by atoms with Crippen molar-refractivity contribution in [2.24, 2.45) is 0 Å². The van der Waals surface area contributed by atoms with E-state index in [0.717, 1.165) is 5.56 Å². The van der Waals surface area contributed by atoms with Gasteiger partial charge in [-0.1, -0.05) is 20.8 Å². The van der Waals surface area contributed by atoms with Crippen LogP contribution < -0.4 is 15.0 Å². The molecule has 0 aliphatic carbocycles. The zero-order valence-electron chi connectivity index (χ0n) is 25.8. The SMILES string of the molecule is CCOC(=O)COC1CCN(c2cc(C(=O)CN3Cc4cc(OCC)c(C(=O)NC)cc4C3=N)cc(C(C)(C)C)c2O)C1. The first-order valence-corrected chi connectivity index (χ1v) is 14.7. The number of ether oxygens (including phenoxy) is 3. The number of nitrogens with one attached hydrogen (secondary N) is 2. The lowest BCUT2D eigenvalue weighted by Crippen LogP contribution is -2.31. The van der Waals surface area contributed by atoms with Crippen LogP contribution in [-0.2, 0) is 26.2 Å². The molecule has 1 atom stereocenters. The highest BCUT2D eigenvalue weighted by Gasteiger charge is 2.32. The Hall–Kier alpha value is -4.12. The van der Waals surface area contributed by atoms with Gasteiger partial charge in [0.15, 0.2) is 5.78 Å².